The number of ketones is 1. The maximum absolute atomic E-state index is 12.0. The van der Waals surface area contributed by atoms with Crippen molar-refractivity contribution in [2.45, 2.75) is 46.2 Å². The Morgan fingerprint density at radius 2 is 1.89 bits per heavy atom. The second-order valence-electron chi connectivity index (χ2n) is 5.07. The summed E-state index contributed by atoms with van der Waals surface area (Å²) < 4.78 is 40.7. The van der Waals surface area contributed by atoms with Crippen LogP contribution in [0.5, 0.6) is 0 Å². The van der Waals surface area contributed by atoms with E-state index in [1.165, 1.54) is 0 Å². The van der Waals surface area contributed by atoms with Crippen LogP contribution in [-0.2, 0) is 17.6 Å². The molecule has 0 aliphatic heterocycles. The van der Waals surface area contributed by atoms with Gasteiger partial charge in [-0.25, -0.2) is 0 Å². The highest BCUT2D eigenvalue weighted by Gasteiger charge is 2.28. The fraction of sp³-hybridized carbons (Fsp3) is 0.727. The number of rotatable bonds is 4. The van der Waals surface area contributed by atoms with E-state index in [0.29, 0.717) is 0 Å². The Labute approximate surface area is 103 Å². The molecular weight excluding hydrogens is 249 g/mol. The molecule has 0 N–H and O–H groups in total. The van der Waals surface area contributed by atoms with Crippen molar-refractivity contribution in [3.8, 4) is 0 Å². The highest BCUT2D eigenvalue weighted by Crippen LogP contribution is 2.21. The lowest BCUT2D eigenvalue weighted by atomic mass is 9.89. The first kappa shape index (κ1) is 14.7. The number of aromatic nitrogens is 2. The van der Waals surface area contributed by atoms with Crippen molar-refractivity contribution < 1.29 is 22.5 Å². The molecule has 0 saturated heterocycles. The molecule has 0 spiro atoms. The minimum atomic E-state index is -4.25. The molecular formula is C11H15F3N2O2. The fourth-order valence-electron chi connectivity index (χ4n) is 1.12. The Kier molecular flexibility index (Phi) is 4.13. The predicted octanol–water partition coefficient (Wildman–Crippen LogP) is 2.72. The summed E-state index contributed by atoms with van der Waals surface area (Å²) in [6.45, 7) is 5.24. The molecule has 1 rings (SSSR count). The van der Waals surface area contributed by atoms with Crippen molar-refractivity contribution >= 4 is 5.78 Å². The third-order valence-corrected chi connectivity index (χ3v) is 2.29. The minimum Gasteiger partial charge on any atom is -0.339 e. The molecule has 1 heterocycles. The first-order valence-corrected chi connectivity index (χ1v) is 5.49. The van der Waals surface area contributed by atoms with Crippen molar-refractivity contribution in [3.63, 3.8) is 0 Å². The molecule has 18 heavy (non-hydrogen) atoms. The third kappa shape index (κ3) is 4.85. The van der Waals surface area contributed by atoms with Crippen molar-refractivity contribution in [2.75, 3.05) is 0 Å². The Morgan fingerprint density at radius 3 is 2.39 bits per heavy atom. The number of halogens is 3. The number of aryl methyl sites for hydroxylation is 1. The Hall–Kier alpha value is -1.40. The van der Waals surface area contributed by atoms with Gasteiger partial charge in [0.1, 0.15) is 5.78 Å². The number of Topliss-reactive ketones (excluding diaryl/α,β-unsaturated/α-hetero) is 1. The Morgan fingerprint density at radius 1 is 1.28 bits per heavy atom. The van der Waals surface area contributed by atoms with E-state index in [1.54, 1.807) is 20.8 Å². The normalized spacial score (nSPS) is 12.8. The summed E-state index contributed by atoms with van der Waals surface area (Å²) in [5, 5.41) is 3.42. The molecule has 0 aliphatic rings. The molecule has 1 aromatic heterocycles. The van der Waals surface area contributed by atoms with Gasteiger partial charge < -0.3 is 4.52 Å². The number of hydrogen-bond donors (Lipinski definition) is 0. The number of carbonyl (C=O) groups excluding carboxylic acids is 1. The largest absolute Gasteiger partial charge is 0.389 e. The van der Waals surface area contributed by atoms with Gasteiger partial charge in [-0.3, -0.25) is 4.79 Å². The summed E-state index contributed by atoms with van der Waals surface area (Å²) in [5.41, 5.74) is -0.541. The van der Waals surface area contributed by atoms with E-state index in [4.69, 9.17) is 4.52 Å². The molecule has 0 saturated carbocycles. The van der Waals surface area contributed by atoms with E-state index in [1.807, 2.05) is 0 Å². The molecule has 0 unspecified atom stereocenters. The second kappa shape index (κ2) is 5.07. The van der Waals surface area contributed by atoms with Crippen LogP contribution < -0.4 is 0 Å². The van der Waals surface area contributed by atoms with Gasteiger partial charge in [0.2, 0.25) is 5.89 Å². The standard InChI is InChI=1S/C11H15F3N2O2/c1-10(2,3)7(17)6-9-15-8(16-18-9)4-5-11(12,13)14/h4-6H2,1-3H3. The quantitative estimate of drug-likeness (QED) is 0.839. The summed E-state index contributed by atoms with van der Waals surface area (Å²) in [7, 11) is 0. The zero-order valence-corrected chi connectivity index (χ0v) is 10.5. The molecule has 7 heteroatoms. The molecule has 102 valence electrons. The average molecular weight is 264 g/mol. The molecule has 1 aromatic rings. The lowest BCUT2D eigenvalue weighted by molar-refractivity contribution is -0.134. The van der Waals surface area contributed by atoms with Gasteiger partial charge in [0.15, 0.2) is 5.82 Å². The number of nitrogens with zero attached hydrogens (tertiary/aromatic N) is 2. The van der Waals surface area contributed by atoms with Crippen LogP contribution >= 0.6 is 0 Å². The summed E-state index contributed by atoms with van der Waals surface area (Å²) in [6.07, 6.45) is -5.64. The summed E-state index contributed by atoms with van der Waals surface area (Å²) in [6, 6.07) is 0. The van der Waals surface area contributed by atoms with Crippen LogP contribution in [0.4, 0.5) is 13.2 Å². The summed E-state index contributed by atoms with van der Waals surface area (Å²) >= 11 is 0. The SMILES string of the molecule is CC(C)(C)C(=O)Cc1nc(CCC(F)(F)F)no1. The van der Waals surface area contributed by atoms with Crippen molar-refractivity contribution in [2.24, 2.45) is 5.41 Å². The van der Waals surface area contributed by atoms with Crippen LogP contribution in [0.2, 0.25) is 0 Å². The highest BCUT2D eigenvalue weighted by atomic mass is 19.4. The van der Waals surface area contributed by atoms with Crippen LogP contribution in [-0.4, -0.2) is 22.1 Å². The first-order valence-electron chi connectivity index (χ1n) is 5.49. The molecule has 0 aliphatic carbocycles. The summed E-state index contributed by atoms with van der Waals surface area (Å²) in [4.78, 5) is 15.4. The van der Waals surface area contributed by atoms with Gasteiger partial charge in [0.25, 0.3) is 0 Å². The lowest BCUT2D eigenvalue weighted by Gasteiger charge is -2.14. The Balaban J connectivity index is 2.56. The lowest BCUT2D eigenvalue weighted by Crippen LogP contribution is -2.22. The minimum absolute atomic E-state index is 0.0240. The van der Waals surface area contributed by atoms with E-state index < -0.39 is 18.0 Å². The van der Waals surface area contributed by atoms with Crippen LogP contribution in [0.15, 0.2) is 4.52 Å². The Bertz CT molecular complexity index is 419. The molecule has 0 bridgehead atoms. The zero-order valence-electron chi connectivity index (χ0n) is 10.5. The topological polar surface area (TPSA) is 56.0 Å². The molecule has 0 radical (unpaired) electrons. The van der Waals surface area contributed by atoms with Gasteiger partial charge in [-0.15, -0.1) is 0 Å². The highest BCUT2D eigenvalue weighted by molar-refractivity contribution is 5.84. The van der Waals surface area contributed by atoms with E-state index in [0.717, 1.165) is 0 Å². The van der Waals surface area contributed by atoms with Gasteiger partial charge in [0.05, 0.1) is 12.8 Å². The molecule has 0 atom stereocenters. The van der Waals surface area contributed by atoms with Crippen molar-refractivity contribution in [1.82, 2.24) is 10.1 Å². The number of hydrogen-bond acceptors (Lipinski definition) is 4. The van der Waals surface area contributed by atoms with E-state index in [2.05, 4.69) is 10.1 Å². The first-order chi connectivity index (χ1) is 8.08. The number of alkyl halides is 3. The van der Waals surface area contributed by atoms with Crippen molar-refractivity contribution in [3.05, 3.63) is 11.7 Å². The maximum Gasteiger partial charge on any atom is 0.389 e. The average Bonchev–Trinajstić information content (AvgIpc) is 2.60. The molecule has 0 fully saturated rings. The van der Waals surface area contributed by atoms with E-state index >= 15 is 0 Å². The number of carbonyl (C=O) groups is 1. The smallest absolute Gasteiger partial charge is 0.339 e. The fourth-order valence-corrected chi connectivity index (χ4v) is 1.12. The molecule has 0 amide bonds. The second-order valence-corrected chi connectivity index (χ2v) is 5.07. The summed E-state index contributed by atoms with van der Waals surface area (Å²) in [5.74, 6) is -0.0651. The zero-order chi connectivity index (χ0) is 14.0. The van der Waals surface area contributed by atoms with Crippen LogP contribution in [0.1, 0.15) is 38.9 Å². The van der Waals surface area contributed by atoms with Gasteiger partial charge in [-0.2, -0.15) is 18.2 Å². The van der Waals surface area contributed by atoms with Gasteiger partial charge in [-0.05, 0) is 0 Å². The van der Waals surface area contributed by atoms with Gasteiger partial charge in [0, 0.05) is 11.8 Å². The van der Waals surface area contributed by atoms with Crippen LogP contribution in [0.3, 0.4) is 0 Å². The van der Waals surface area contributed by atoms with Crippen molar-refractivity contribution in [1.29, 1.82) is 0 Å². The predicted molar refractivity (Wildman–Crippen MR) is 56.8 cm³/mol. The van der Waals surface area contributed by atoms with Crippen LogP contribution in [0.25, 0.3) is 0 Å². The monoisotopic (exact) mass is 264 g/mol. The molecule has 0 aromatic carbocycles. The maximum atomic E-state index is 12.0. The van der Waals surface area contributed by atoms with E-state index in [-0.39, 0.29) is 30.3 Å². The van der Waals surface area contributed by atoms with Gasteiger partial charge >= 0.3 is 6.18 Å². The van der Waals surface area contributed by atoms with Crippen LogP contribution in [0, 0.1) is 5.41 Å². The van der Waals surface area contributed by atoms with Gasteiger partial charge in [-0.1, -0.05) is 25.9 Å². The van der Waals surface area contributed by atoms with E-state index in [9.17, 15) is 18.0 Å². The molecule has 4 nitrogen and oxygen atoms in total. The third-order valence-electron chi connectivity index (χ3n) is 2.29.